The summed E-state index contributed by atoms with van der Waals surface area (Å²) in [6.45, 7) is 3.36. The lowest BCUT2D eigenvalue weighted by Crippen LogP contribution is -2.36. The Morgan fingerprint density at radius 1 is 0.846 bits per heavy atom. The number of hydrogen-bond donors (Lipinski definition) is 1. The number of hydrogen-bond acceptors (Lipinski definition) is 2. The third kappa shape index (κ3) is 4.89. The van der Waals surface area contributed by atoms with Gasteiger partial charge in [0.25, 0.3) is 0 Å². The summed E-state index contributed by atoms with van der Waals surface area (Å²) < 4.78 is 26.7. The van der Waals surface area contributed by atoms with E-state index in [4.69, 9.17) is 5.11 Å². The summed E-state index contributed by atoms with van der Waals surface area (Å²) in [5, 5.41) is 8.93. The number of piperidine rings is 1. The van der Waals surface area contributed by atoms with E-state index in [0.29, 0.717) is 5.92 Å². The Labute approximate surface area is 154 Å². The average Bonchev–Trinajstić information content (AvgIpc) is 2.66. The molecule has 26 heavy (non-hydrogen) atoms. The molecule has 140 valence electrons. The predicted octanol–water partition coefficient (Wildman–Crippen LogP) is 4.58. The molecule has 2 nitrogen and oxygen atoms in total. The molecule has 1 N–H and O–H groups in total. The molecule has 1 fully saturated rings. The molecule has 0 radical (unpaired) electrons. The molecule has 0 bridgehead atoms. The van der Waals surface area contributed by atoms with E-state index in [1.54, 1.807) is 0 Å². The van der Waals surface area contributed by atoms with Gasteiger partial charge in [-0.25, -0.2) is 8.78 Å². The Balaban J connectivity index is 1.74. The van der Waals surface area contributed by atoms with Gasteiger partial charge in [0.05, 0.1) is 0 Å². The van der Waals surface area contributed by atoms with Crippen LogP contribution >= 0.6 is 0 Å². The van der Waals surface area contributed by atoms with Gasteiger partial charge in [0.2, 0.25) is 0 Å². The first-order chi connectivity index (χ1) is 12.7. The molecular weight excluding hydrogens is 332 g/mol. The van der Waals surface area contributed by atoms with Crippen molar-refractivity contribution in [1.29, 1.82) is 0 Å². The first-order valence-electron chi connectivity index (χ1n) is 9.51. The molecule has 2 aromatic rings. The first kappa shape index (κ1) is 19.0. The van der Waals surface area contributed by atoms with Crippen LogP contribution in [-0.2, 0) is 0 Å². The largest absolute Gasteiger partial charge is 0.396 e. The van der Waals surface area contributed by atoms with E-state index in [9.17, 15) is 8.78 Å². The summed E-state index contributed by atoms with van der Waals surface area (Å²) in [5.74, 6) is 0.159. The van der Waals surface area contributed by atoms with Gasteiger partial charge < -0.3 is 10.0 Å². The Hall–Kier alpha value is -1.78. The van der Waals surface area contributed by atoms with Crippen molar-refractivity contribution in [2.24, 2.45) is 5.92 Å². The smallest absolute Gasteiger partial charge is 0.123 e. The number of benzene rings is 2. The quantitative estimate of drug-likeness (QED) is 0.732. The second kappa shape index (κ2) is 9.24. The number of rotatable bonds is 7. The van der Waals surface area contributed by atoms with E-state index in [2.05, 4.69) is 4.90 Å². The number of aliphatic hydroxyl groups is 1. The Kier molecular flexibility index (Phi) is 6.75. The molecule has 1 aliphatic heterocycles. The Bertz CT molecular complexity index is 618. The molecule has 0 saturated carbocycles. The van der Waals surface area contributed by atoms with Crippen LogP contribution in [0.4, 0.5) is 8.78 Å². The van der Waals surface area contributed by atoms with Crippen LogP contribution < -0.4 is 0 Å². The SMILES string of the molecule is OCCCCN1CCC(C(c2ccc(F)cc2)c2ccc(F)cc2)CC1. The van der Waals surface area contributed by atoms with Gasteiger partial charge in [0.1, 0.15) is 11.6 Å². The maximum absolute atomic E-state index is 13.4. The lowest BCUT2D eigenvalue weighted by Gasteiger charge is -2.36. The third-order valence-corrected chi connectivity index (χ3v) is 5.44. The number of unbranched alkanes of at least 4 members (excludes halogenated alkanes) is 1. The van der Waals surface area contributed by atoms with E-state index in [0.717, 1.165) is 56.4 Å². The number of halogens is 2. The van der Waals surface area contributed by atoms with E-state index in [-0.39, 0.29) is 24.2 Å². The highest BCUT2D eigenvalue weighted by molar-refractivity contribution is 5.34. The monoisotopic (exact) mass is 359 g/mol. The topological polar surface area (TPSA) is 23.5 Å². The fraction of sp³-hybridized carbons (Fsp3) is 0.455. The summed E-state index contributed by atoms with van der Waals surface area (Å²) >= 11 is 0. The maximum atomic E-state index is 13.4. The fourth-order valence-corrected chi connectivity index (χ4v) is 4.03. The minimum atomic E-state index is -0.231. The highest BCUT2D eigenvalue weighted by Gasteiger charge is 2.28. The maximum Gasteiger partial charge on any atom is 0.123 e. The second-order valence-corrected chi connectivity index (χ2v) is 7.19. The van der Waals surface area contributed by atoms with Gasteiger partial charge in [-0.2, -0.15) is 0 Å². The van der Waals surface area contributed by atoms with Crippen molar-refractivity contribution in [2.75, 3.05) is 26.2 Å². The van der Waals surface area contributed by atoms with Crippen molar-refractivity contribution >= 4 is 0 Å². The predicted molar refractivity (Wildman–Crippen MR) is 100 cm³/mol. The zero-order chi connectivity index (χ0) is 18.4. The van der Waals surface area contributed by atoms with Gasteiger partial charge in [-0.3, -0.25) is 0 Å². The van der Waals surface area contributed by atoms with Crippen LogP contribution in [0.3, 0.4) is 0 Å². The van der Waals surface area contributed by atoms with Crippen molar-refractivity contribution < 1.29 is 13.9 Å². The highest BCUT2D eigenvalue weighted by atomic mass is 19.1. The summed E-state index contributed by atoms with van der Waals surface area (Å²) in [4.78, 5) is 2.46. The van der Waals surface area contributed by atoms with Crippen molar-refractivity contribution in [1.82, 2.24) is 4.90 Å². The van der Waals surface area contributed by atoms with E-state index < -0.39 is 0 Å². The number of likely N-dealkylation sites (tertiary alicyclic amines) is 1. The van der Waals surface area contributed by atoms with Crippen molar-refractivity contribution in [3.63, 3.8) is 0 Å². The van der Waals surface area contributed by atoms with E-state index in [1.807, 2.05) is 24.3 Å². The number of aliphatic hydroxyl groups excluding tert-OH is 1. The first-order valence-corrected chi connectivity index (χ1v) is 9.51. The van der Waals surface area contributed by atoms with Crippen LogP contribution in [0.25, 0.3) is 0 Å². The molecular formula is C22H27F2NO. The second-order valence-electron chi connectivity index (χ2n) is 7.19. The number of nitrogens with zero attached hydrogens (tertiary/aromatic N) is 1. The van der Waals surface area contributed by atoms with Crippen molar-refractivity contribution in [2.45, 2.75) is 31.6 Å². The molecule has 2 aromatic carbocycles. The van der Waals surface area contributed by atoms with Crippen molar-refractivity contribution in [3.05, 3.63) is 71.3 Å². The zero-order valence-electron chi connectivity index (χ0n) is 15.1. The molecule has 0 spiro atoms. The minimum absolute atomic E-state index is 0.163. The van der Waals surface area contributed by atoms with Crippen LogP contribution in [0, 0.1) is 17.6 Å². The van der Waals surface area contributed by atoms with Crippen LogP contribution in [0.15, 0.2) is 48.5 Å². The molecule has 0 unspecified atom stereocenters. The van der Waals surface area contributed by atoms with E-state index >= 15 is 0 Å². The summed E-state index contributed by atoms with van der Waals surface area (Å²) in [6.07, 6.45) is 4.02. The van der Waals surface area contributed by atoms with Crippen LogP contribution in [0.5, 0.6) is 0 Å². The van der Waals surface area contributed by atoms with Crippen LogP contribution in [0.2, 0.25) is 0 Å². The Morgan fingerprint density at radius 2 is 1.35 bits per heavy atom. The normalized spacial score (nSPS) is 16.3. The molecule has 1 heterocycles. The average molecular weight is 359 g/mol. The lowest BCUT2D eigenvalue weighted by molar-refractivity contribution is 0.168. The minimum Gasteiger partial charge on any atom is -0.396 e. The van der Waals surface area contributed by atoms with Crippen LogP contribution in [0.1, 0.15) is 42.7 Å². The summed E-state index contributed by atoms with van der Waals surface area (Å²) in [7, 11) is 0. The van der Waals surface area contributed by atoms with Gasteiger partial charge in [0.15, 0.2) is 0 Å². The van der Waals surface area contributed by atoms with Gasteiger partial charge in [-0.1, -0.05) is 24.3 Å². The molecule has 4 heteroatoms. The van der Waals surface area contributed by atoms with Crippen LogP contribution in [-0.4, -0.2) is 36.2 Å². The van der Waals surface area contributed by atoms with Gasteiger partial charge in [-0.15, -0.1) is 0 Å². The standard InChI is InChI=1S/C22H27F2NO/c23-20-7-3-17(4-8-20)22(18-5-9-21(24)10-6-18)19-11-14-25(15-12-19)13-1-2-16-26/h3-10,19,22,26H,1-2,11-16H2. The molecule has 0 atom stereocenters. The summed E-state index contributed by atoms with van der Waals surface area (Å²) in [6, 6.07) is 13.5. The molecule has 0 amide bonds. The Morgan fingerprint density at radius 3 is 1.81 bits per heavy atom. The summed E-state index contributed by atoms with van der Waals surface area (Å²) in [5.41, 5.74) is 2.19. The zero-order valence-corrected chi connectivity index (χ0v) is 15.1. The molecule has 1 aliphatic rings. The highest BCUT2D eigenvalue weighted by Crippen LogP contribution is 2.38. The molecule has 0 aliphatic carbocycles. The molecule has 1 saturated heterocycles. The van der Waals surface area contributed by atoms with Gasteiger partial charge in [-0.05, 0) is 86.6 Å². The molecule has 0 aromatic heterocycles. The molecule has 3 rings (SSSR count). The van der Waals surface area contributed by atoms with E-state index in [1.165, 1.54) is 24.3 Å². The van der Waals surface area contributed by atoms with Crippen molar-refractivity contribution in [3.8, 4) is 0 Å². The van der Waals surface area contributed by atoms with Gasteiger partial charge in [0, 0.05) is 12.5 Å². The third-order valence-electron chi connectivity index (χ3n) is 5.44. The fourth-order valence-electron chi connectivity index (χ4n) is 4.03. The lowest BCUT2D eigenvalue weighted by atomic mass is 9.76. The van der Waals surface area contributed by atoms with Gasteiger partial charge >= 0.3 is 0 Å².